The SMILES string of the molecule is CC1CC(C)(C)CC1(C#N)N1CCCC1. The largest absolute Gasteiger partial charge is 0.285 e. The van der Waals surface area contributed by atoms with E-state index in [1.807, 2.05) is 0 Å². The smallest absolute Gasteiger partial charge is 0.112 e. The molecule has 1 aliphatic heterocycles. The highest BCUT2D eigenvalue weighted by molar-refractivity contribution is 5.18. The van der Waals surface area contributed by atoms with E-state index in [1.54, 1.807) is 0 Å². The minimum Gasteiger partial charge on any atom is -0.285 e. The molecule has 84 valence electrons. The van der Waals surface area contributed by atoms with Crippen LogP contribution in [0.5, 0.6) is 0 Å². The molecular formula is C13H22N2. The highest BCUT2D eigenvalue weighted by Crippen LogP contribution is 2.50. The Morgan fingerprint density at radius 2 is 1.87 bits per heavy atom. The summed E-state index contributed by atoms with van der Waals surface area (Å²) in [5.41, 5.74) is 0.192. The third-order valence-corrected chi connectivity index (χ3v) is 4.29. The van der Waals surface area contributed by atoms with Crippen molar-refractivity contribution < 1.29 is 0 Å². The van der Waals surface area contributed by atoms with Gasteiger partial charge in [-0.3, -0.25) is 4.90 Å². The van der Waals surface area contributed by atoms with Gasteiger partial charge in [0.05, 0.1) is 6.07 Å². The van der Waals surface area contributed by atoms with E-state index in [1.165, 1.54) is 19.3 Å². The summed E-state index contributed by atoms with van der Waals surface area (Å²) in [5, 5.41) is 9.59. The first-order valence-electron chi connectivity index (χ1n) is 6.16. The van der Waals surface area contributed by atoms with Gasteiger partial charge in [-0.05, 0) is 50.1 Å². The molecule has 0 N–H and O–H groups in total. The normalized spacial score (nSPS) is 40.5. The molecule has 0 aromatic rings. The van der Waals surface area contributed by atoms with Gasteiger partial charge in [-0.2, -0.15) is 5.26 Å². The fraction of sp³-hybridized carbons (Fsp3) is 0.923. The van der Waals surface area contributed by atoms with E-state index >= 15 is 0 Å². The number of rotatable bonds is 1. The van der Waals surface area contributed by atoms with Crippen molar-refractivity contribution in [3.63, 3.8) is 0 Å². The zero-order valence-electron chi connectivity index (χ0n) is 10.2. The molecule has 2 heteroatoms. The third-order valence-electron chi connectivity index (χ3n) is 4.29. The number of hydrogen-bond donors (Lipinski definition) is 0. The lowest BCUT2D eigenvalue weighted by molar-refractivity contribution is 0.131. The van der Waals surface area contributed by atoms with Crippen molar-refractivity contribution >= 4 is 0 Å². The highest BCUT2D eigenvalue weighted by atomic mass is 15.2. The van der Waals surface area contributed by atoms with Gasteiger partial charge >= 0.3 is 0 Å². The minimum atomic E-state index is -0.153. The van der Waals surface area contributed by atoms with Crippen molar-refractivity contribution in [3.8, 4) is 6.07 Å². The van der Waals surface area contributed by atoms with Crippen molar-refractivity contribution in [1.29, 1.82) is 5.26 Å². The van der Waals surface area contributed by atoms with Crippen molar-refractivity contribution in [2.75, 3.05) is 13.1 Å². The molecule has 2 unspecified atom stereocenters. The van der Waals surface area contributed by atoms with E-state index in [4.69, 9.17) is 0 Å². The minimum absolute atomic E-state index is 0.153. The lowest BCUT2D eigenvalue weighted by Crippen LogP contribution is -2.48. The summed E-state index contributed by atoms with van der Waals surface area (Å²) in [6.07, 6.45) is 4.79. The molecule has 0 radical (unpaired) electrons. The second-order valence-corrected chi connectivity index (χ2v) is 6.18. The number of nitrogens with zero attached hydrogens (tertiary/aromatic N) is 2. The van der Waals surface area contributed by atoms with Crippen LogP contribution in [0, 0.1) is 22.7 Å². The summed E-state index contributed by atoms with van der Waals surface area (Å²) in [4.78, 5) is 2.45. The molecule has 2 rings (SSSR count). The van der Waals surface area contributed by atoms with Crippen LogP contribution in [0.15, 0.2) is 0 Å². The molecule has 1 aliphatic carbocycles. The van der Waals surface area contributed by atoms with Crippen LogP contribution in [0.1, 0.15) is 46.5 Å². The van der Waals surface area contributed by atoms with E-state index < -0.39 is 0 Å². The second-order valence-electron chi connectivity index (χ2n) is 6.18. The summed E-state index contributed by atoms with van der Waals surface area (Å²) in [6, 6.07) is 2.65. The molecule has 15 heavy (non-hydrogen) atoms. The molecule has 0 amide bonds. The molecular weight excluding hydrogens is 184 g/mol. The van der Waals surface area contributed by atoms with Crippen LogP contribution in [-0.2, 0) is 0 Å². The Labute approximate surface area is 93.3 Å². The van der Waals surface area contributed by atoms with Crippen molar-refractivity contribution in [1.82, 2.24) is 4.90 Å². The van der Waals surface area contributed by atoms with Crippen molar-refractivity contribution in [2.24, 2.45) is 11.3 Å². The molecule has 1 saturated carbocycles. The summed E-state index contributed by atoms with van der Waals surface area (Å²) in [5.74, 6) is 0.524. The van der Waals surface area contributed by atoms with Crippen LogP contribution < -0.4 is 0 Å². The van der Waals surface area contributed by atoms with E-state index in [-0.39, 0.29) is 5.54 Å². The first kappa shape index (κ1) is 11.0. The molecule has 2 nitrogen and oxygen atoms in total. The predicted molar refractivity (Wildman–Crippen MR) is 61.3 cm³/mol. The Hall–Kier alpha value is -0.550. The molecule has 0 aromatic carbocycles. The van der Waals surface area contributed by atoms with Gasteiger partial charge in [0.2, 0.25) is 0 Å². The quantitative estimate of drug-likeness (QED) is 0.659. The van der Waals surface area contributed by atoms with Crippen LogP contribution in [0.3, 0.4) is 0 Å². The zero-order valence-corrected chi connectivity index (χ0v) is 10.2. The molecule has 1 heterocycles. The number of hydrogen-bond acceptors (Lipinski definition) is 2. The third kappa shape index (κ3) is 1.67. The molecule has 2 atom stereocenters. The van der Waals surface area contributed by atoms with E-state index in [0.717, 1.165) is 19.5 Å². The van der Waals surface area contributed by atoms with Gasteiger partial charge in [-0.15, -0.1) is 0 Å². The molecule has 2 aliphatic rings. The van der Waals surface area contributed by atoms with Crippen molar-refractivity contribution in [3.05, 3.63) is 0 Å². The molecule has 0 aromatic heterocycles. The van der Waals surface area contributed by atoms with Gasteiger partial charge in [-0.1, -0.05) is 20.8 Å². The van der Waals surface area contributed by atoms with Crippen molar-refractivity contribution in [2.45, 2.75) is 52.0 Å². The number of nitriles is 1. The summed E-state index contributed by atoms with van der Waals surface area (Å²) in [7, 11) is 0. The molecule has 2 fully saturated rings. The lowest BCUT2D eigenvalue weighted by Gasteiger charge is -2.36. The first-order chi connectivity index (χ1) is 7.00. The van der Waals surface area contributed by atoms with E-state index in [0.29, 0.717) is 11.3 Å². The summed E-state index contributed by atoms with van der Waals surface area (Å²) in [6.45, 7) is 9.13. The maximum Gasteiger partial charge on any atom is 0.112 e. The average Bonchev–Trinajstić information content (AvgIpc) is 2.71. The van der Waals surface area contributed by atoms with Crippen LogP contribution >= 0.6 is 0 Å². The fourth-order valence-electron chi connectivity index (χ4n) is 3.73. The highest BCUT2D eigenvalue weighted by Gasteiger charge is 2.52. The molecule has 0 spiro atoms. The average molecular weight is 206 g/mol. The molecule has 1 saturated heterocycles. The maximum atomic E-state index is 9.59. The van der Waals surface area contributed by atoms with E-state index in [2.05, 4.69) is 31.7 Å². The topological polar surface area (TPSA) is 27.0 Å². The number of likely N-dealkylation sites (tertiary alicyclic amines) is 1. The fourth-order valence-corrected chi connectivity index (χ4v) is 3.73. The Bertz CT molecular complexity index is 283. The van der Waals surface area contributed by atoms with Gasteiger partial charge in [0.15, 0.2) is 0 Å². The van der Waals surface area contributed by atoms with Crippen LogP contribution in [0.2, 0.25) is 0 Å². The van der Waals surface area contributed by atoms with Gasteiger partial charge in [0, 0.05) is 0 Å². The Balaban J connectivity index is 2.26. The Kier molecular flexibility index (Phi) is 2.55. The zero-order chi connectivity index (χ0) is 11.1. The first-order valence-corrected chi connectivity index (χ1v) is 6.16. The summed E-state index contributed by atoms with van der Waals surface area (Å²) >= 11 is 0. The van der Waals surface area contributed by atoms with Crippen LogP contribution in [0.4, 0.5) is 0 Å². The van der Waals surface area contributed by atoms with Gasteiger partial charge in [-0.25, -0.2) is 0 Å². The predicted octanol–water partition coefficient (Wildman–Crippen LogP) is 2.80. The Morgan fingerprint density at radius 1 is 1.27 bits per heavy atom. The van der Waals surface area contributed by atoms with E-state index in [9.17, 15) is 5.26 Å². The monoisotopic (exact) mass is 206 g/mol. The van der Waals surface area contributed by atoms with Crippen LogP contribution in [-0.4, -0.2) is 23.5 Å². The van der Waals surface area contributed by atoms with Crippen LogP contribution in [0.25, 0.3) is 0 Å². The van der Waals surface area contributed by atoms with Gasteiger partial charge in [0.1, 0.15) is 5.54 Å². The maximum absolute atomic E-state index is 9.59. The standard InChI is InChI=1S/C13H22N2/c1-11-8-12(2,3)9-13(11,10-14)15-6-4-5-7-15/h11H,4-9H2,1-3H3. The second kappa shape index (κ2) is 3.49. The van der Waals surface area contributed by atoms with Gasteiger partial charge in [0.25, 0.3) is 0 Å². The van der Waals surface area contributed by atoms with Gasteiger partial charge < -0.3 is 0 Å². The molecule has 0 bridgehead atoms. The summed E-state index contributed by atoms with van der Waals surface area (Å²) < 4.78 is 0. The Morgan fingerprint density at radius 3 is 2.27 bits per heavy atom. The lowest BCUT2D eigenvalue weighted by atomic mass is 9.86.